The van der Waals surface area contributed by atoms with E-state index in [2.05, 4.69) is 55.3 Å². The molecule has 1 aromatic carbocycles. The molecule has 5 aliphatic rings. The van der Waals surface area contributed by atoms with Gasteiger partial charge in [0.25, 0.3) is 0 Å². The molecule has 1 saturated carbocycles. The number of aromatic amines is 1. The first-order valence-electron chi connectivity index (χ1n) is 13.6. The molecular weight excluding hydrogens is 464 g/mol. The Morgan fingerprint density at radius 3 is 2.73 bits per heavy atom. The van der Waals surface area contributed by atoms with Crippen LogP contribution in [0.4, 0.5) is 0 Å². The average Bonchev–Trinajstić information content (AvgIpc) is 3.39. The number of hydrogen-bond acceptors (Lipinski definition) is 5. The van der Waals surface area contributed by atoms with Gasteiger partial charge in [-0.2, -0.15) is 0 Å². The van der Waals surface area contributed by atoms with Gasteiger partial charge in [0, 0.05) is 29.6 Å². The summed E-state index contributed by atoms with van der Waals surface area (Å²) in [7, 11) is 3.94. The van der Waals surface area contributed by atoms with Crippen molar-refractivity contribution >= 4 is 16.3 Å². The summed E-state index contributed by atoms with van der Waals surface area (Å²) >= 11 is 0. The Morgan fingerprint density at radius 2 is 1.95 bits per heavy atom. The fourth-order valence-corrected chi connectivity index (χ4v) is 8.59. The molecule has 37 heavy (non-hydrogen) atoms. The minimum atomic E-state index is -0.914. The summed E-state index contributed by atoms with van der Waals surface area (Å²) in [5, 5.41) is 24.1. The number of aliphatic hydroxyl groups excluding tert-OH is 2. The van der Waals surface area contributed by atoms with Crippen molar-refractivity contribution in [2.45, 2.75) is 69.0 Å². The first kappa shape index (κ1) is 23.6. The van der Waals surface area contributed by atoms with Crippen molar-refractivity contribution in [3.05, 3.63) is 75.8 Å². The van der Waals surface area contributed by atoms with E-state index in [1.165, 1.54) is 16.7 Å². The number of aliphatic hydroxyl groups is 2. The van der Waals surface area contributed by atoms with E-state index >= 15 is 0 Å². The lowest BCUT2D eigenvalue weighted by Gasteiger charge is -2.57. The maximum Gasteiger partial charge on any atom is 0.248 e. The fraction of sp³-hybridized carbons (Fsp3) is 0.516. The zero-order chi connectivity index (χ0) is 25.9. The second-order valence-corrected chi connectivity index (χ2v) is 12.5. The van der Waals surface area contributed by atoms with Crippen molar-refractivity contribution in [1.29, 1.82) is 0 Å². The molecule has 194 valence electrons. The molecule has 6 nitrogen and oxygen atoms in total. The Labute approximate surface area is 217 Å². The zero-order valence-electron chi connectivity index (χ0n) is 22.0. The smallest absolute Gasteiger partial charge is 0.248 e. The highest BCUT2D eigenvalue weighted by molar-refractivity contribution is 5.87. The van der Waals surface area contributed by atoms with Gasteiger partial charge in [-0.3, -0.25) is 4.79 Å². The van der Waals surface area contributed by atoms with Crippen molar-refractivity contribution in [1.82, 2.24) is 9.88 Å². The summed E-state index contributed by atoms with van der Waals surface area (Å²) < 4.78 is 7.27. The maximum absolute atomic E-state index is 11.8. The highest BCUT2D eigenvalue weighted by Gasteiger charge is 2.68. The SMILES string of the molecule is CC1C=C2C=C3C(O)C(O)C(N(C)C)CC34CCC2(O4)C2CC=C(c3ccc4cc(=O)[nH]cc4c3)C12C. The normalized spacial score (nSPS) is 42.1. The van der Waals surface area contributed by atoms with Crippen molar-refractivity contribution in [2.75, 3.05) is 14.1 Å². The lowest BCUT2D eigenvalue weighted by Crippen LogP contribution is -2.62. The predicted molar refractivity (Wildman–Crippen MR) is 144 cm³/mol. The number of hydrogen-bond donors (Lipinski definition) is 3. The molecule has 2 bridgehead atoms. The summed E-state index contributed by atoms with van der Waals surface area (Å²) in [6, 6.07) is 7.91. The predicted octanol–water partition coefficient (Wildman–Crippen LogP) is 3.80. The molecule has 3 aliphatic carbocycles. The van der Waals surface area contributed by atoms with Crippen LogP contribution in [-0.4, -0.2) is 63.6 Å². The molecule has 2 aromatic rings. The zero-order valence-corrected chi connectivity index (χ0v) is 22.0. The monoisotopic (exact) mass is 500 g/mol. The average molecular weight is 501 g/mol. The number of nitrogens with one attached hydrogen (secondary N) is 1. The van der Waals surface area contributed by atoms with E-state index in [1.807, 2.05) is 19.0 Å². The molecule has 2 fully saturated rings. The highest BCUT2D eigenvalue weighted by atomic mass is 16.5. The van der Waals surface area contributed by atoms with E-state index in [-0.39, 0.29) is 34.5 Å². The Balaban J connectivity index is 1.32. The summed E-state index contributed by atoms with van der Waals surface area (Å²) in [6.45, 7) is 4.70. The number of H-pyrrole nitrogens is 1. The fourth-order valence-electron chi connectivity index (χ4n) is 8.59. The number of rotatable bonds is 2. The van der Waals surface area contributed by atoms with E-state index in [4.69, 9.17) is 4.74 Å². The van der Waals surface area contributed by atoms with Gasteiger partial charge in [-0.15, -0.1) is 0 Å². The van der Waals surface area contributed by atoms with E-state index in [0.29, 0.717) is 6.42 Å². The van der Waals surface area contributed by atoms with Crippen molar-refractivity contribution in [3.8, 4) is 0 Å². The molecule has 2 aliphatic heterocycles. The number of likely N-dealkylation sites (N-methyl/N-ethyl adjacent to an activating group) is 1. The third-order valence-electron chi connectivity index (χ3n) is 10.7. The van der Waals surface area contributed by atoms with Crippen LogP contribution in [0.2, 0.25) is 0 Å². The lowest BCUT2D eigenvalue weighted by molar-refractivity contribution is -0.165. The van der Waals surface area contributed by atoms with Gasteiger partial charge in [0.2, 0.25) is 5.56 Å². The Kier molecular flexibility index (Phi) is 4.81. The highest BCUT2D eigenvalue weighted by Crippen LogP contribution is 2.69. The second-order valence-electron chi connectivity index (χ2n) is 12.5. The summed E-state index contributed by atoms with van der Waals surface area (Å²) in [5.74, 6) is 0.558. The second kappa shape index (κ2) is 7.54. The number of ether oxygens (including phenoxy) is 1. The lowest BCUT2D eigenvalue weighted by atomic mass is 9.54. The first-order chi connectivity index (χ1) is 17.6. The van der Waals surface area contributed by atoms with Crippen LogP contribution in [0.25, 0.3) is 16.3 Å². The Morgan fingerprint density at radius 1 is 1.14 bits per heavy atom. The van der Waals surface area contributed by atoms with Gasteiger partial charge >= 0.3 is 0 Å². The topological polar surface area (TPSA) is 85.8 Å². The summed E-state index contributed by atoms with van der Waals surface area (Å²) in [5.41, 5.74) is 3.51. The van der Waals surface area contributed by atoms with Gasteiger partial charge in [-0.1, -0.05) is 44.2 Å². The van der Waals surface area contributed by atoms with E-state index < -0.39 is 17.8 Å². The van der Waals surface area contributed by atoms with E-state index in [9.17, 15) is 15.0 Å². The van der Waals surface area contributed by atoms with Gasteiger partial charge in [0.05, 0.1) is 17.3 Å². The number of benzene rings is 1. The molecule has 1 saturated heterocycles. The van der Waals surface area contributed by atoms with Crippen molar-refractivity contribution in [2.24, 2.45) is 17.3 Å². The number of allylic oxidation sites excluding steroid dienone is 3. The summed E-state index contributed by atoms with van der Waals surface area (Å²) in [6.07, 6.45) is 10.5. The summed E-state index contributed by atoms with van der Waals surface area (Å²) in [4.78, 5) is 16.6. The molecule has 0 amide bonds. The number of fused-ring (bicyclic) bond motifs is 2. The molecule has 6 heteroatoms. The van der Waals surface area contributed by atoms with E-state index in [0.717, 1.165) is 35.6 Å². The van der Waals surface area contributed by atoms with Crippen LogP contribution in [0.5, 0.6) is 0 Å². The van der Waals surface area contributed by atoms with E-state index in [1.54, 1.807) is 12.3 Å². The van der Waals surface area contributed by atoms with Gasteiger partial charge in [-0.25, -0.2) is 0 Å². The molecule has 2 spiro atoms. The molecule has 1 aromatic heterocycles. The van der Waals surface area contributed by atoms with Crippen LogP contribution in [-0.2, 0) is 4.74 Å². The molecule has 3 N–H and O–H groups in total. The standard InChI is InChI=1S/C31H36N2O4/c1-17-11-21-14-23-27(35)28(36)24(33(3)4)15-30(23)9-10-31(21,37-30)25-8-7-22(29(17,25)2)19-6-5-18-13-26(34)32-16-20(18)12-19/h5-7,11-14,16-17,24-25,27-28,35-36H,8-10,15H2,1-4H3,(H,32,34). The molecular formula is C31H36N2O4. The third-order valence-corrected chi connectivity index (χ3v) is 10.7. The third kappa shape index (κ3) is 2.93. The van der Waals surface area contributed by atoms with Crippen LogP contribution in [0.3, 0.4) is 0 Å². The maximum atomic E-state index is 11.8. The number of aromatic nitrogens is 1. The molecule has 3 heterocycles. The van der Waals surface area contributed by atoms with Crippen LogP contribution in [0.15, 0.2) is 64.6 Å². The quantitative estimate of drug-likeness (QED) is 0.584. The number of nitrogens with zero attached hydrogens (tertiary/aromatic N) is 1. The van der Waals surface area contributed by atoms with Gasteiger partial charge in [0.15, 0.2) is 0 Å². The Bertz CT molecular complexity index is 1470. The van der Waals surface area contributed by atoms with Gasteiger partial charge < -0.3 is 24.8 Å². The Hall–Kier alpha value is -2.51. The molecule has 8 atom stereocenters. The largest absolute Gasteiger partial charge is 0.388 e. The van der Waals surface area contributed by atoms with Crippen molar-refractivity contribution < 1.29 is 14.9 Å². The van der Waals surface area contributed by atoms with Crippen molar-refractivity contribution in [3.63, 3.8) is 0 Å². The minimum Gasteiger partial charge on any atom is -0.388 e. The molecule has 7 rings (SSSR count). The van der Waals surface area contributed by atoms with Crippen LogP contribution in [0.1, 0.15) is 45.1 Å². The minimum absolute atomic E-state index is 0.0843. The van der Waals surface area contributed by atoms with Gasteiger partial charge in [-0.05, 0) is 84.8 Å². The molecule has 0 radical (unpaired) electrons. The van der Waals surface area contributed by atoms with Gasteiger partial charge in [0.1, 0.15) is 6.10 Å². The molecule has 8 unspecified atom stereocenters. The first-order valence-corrected chi connectivity index (χ1v) is 13.6. The van der Waals surface area contributed by atoms with Crippen LogP contribution < -0.4 is 5.56 Å². The number of pyridine rings is 1. The van der Waals surface area contributed by atoms with Crippen LogP contribution >= 0.6 is 0 Å². The van der Waals surface area contributed by atoms with Crippen LogP contribution in [0, 0.1) is 17.3 Å².